The van der Waals surface area contributed by atoms with Crippen molar-refractivity contribution in [2.45, 2.75) is 38.8 Å². The molecule has 1 fully saturated rings. The Balaban J connectivity index is 2.01. The van der Waals surface area contributed by atoms with Crippen LogP contribution < -0.4 is 5.73 Å². The van der Waals surface area contributed by atoms with Crippen LogP contribution in [0.2, 0.25) is 0 Å². The first-order valence-electron chi connectivity index (χ1n) is 7.21. The largest absolute Gasteiger partial charge is 0.378 e. The molecule has 1 aliphatic rings. The zero-order chi connectivity index (χ0) is 13.8. The lowest BCUT2D eigenvalue weighted by Crippen LogP contribution is -2.42. The van der Waals surface area contributed by atoms with E-state index in [-0.39, 0.29) is 6.04 Å². The number of nitrogens with two attached hydrogens (primary N) is 1. The van der Waals surface area contributed by atoms with E-state index in [1.54, 1.807) is 0 Å². The van der Waals surface area contributed by atoms with Crippen LogP contribution in [-0.4, -0.2) is 47.0 Å². The summed E-state index contributed by atoms with van der Waals surface area (Å²) in [5, 5.41) is 4.43. The fraction of sp³-hybridized carbons (Fsp3) is 0.786. The van der Waals surface area contributed by atoms with Gasteiger partial charge in [0.15, 0.2) is 0 Å². The van der Waals surface area contributed by atoms with Crippen LogP contribution in [0.4, 0.5) is 0 Å². The molecule has 0 aliphatic carbocycles. The first-order valence-corrected chi connectivity index (χ1v) is 7.21. The number of hydrogen-bond donors (Lipinski definition) is 1. The van der Waals surface area contributed by atoms with E-state index in [0.29, 0.717) is 12.6 Å². The van der Waals surface area contributed by atoms with E-state index in [0.717, 1.165) is 38.2 Å². The molecule has 1 aromatic heterocycles. The molecule has 0 radical (unpaired) electrons. The summed E-state index contributed by atoms with van der Waals surface area (Å²) in [6, 6.07) is 0.288. The van der Waals surface area contributed by atoms with Gasteiger partial charge in [-0.15, -0.1) is 0 Å². The molecule has 1 aromatic rings. The molecule has 0 aromatic carbocycles. The van der Waals surface area contributed by atoms with Gasteiger partial charge < -0.3 is 10.5 Å². The molecule has 0 spiro atoms. The highest BCUT2D eigenvalue weighted by Gasteiger charge is 2.27. The molecule has 2 heterocycles. The Kier molecular flexibility index (Phi) is 4.96. The second-order valence-electron chi connectivity index (χ2n) is 5.29. The molecule has 19 heavy (non-hydrogen) atoms. The third kappa shape index (κ3) is 3.35. The van der Waals surface area contributed by atoms with Crippen molar-refractivity contribution < 1.29 is 4.74 Å². The van der Waals surface area contributed by atoms with Gasteiger partial charge in [-0.2, -0.15) is 5.10 Å². The third-order valence-corrected chi connectivity index (χ3v) is 3.95. The minimum absolute atomic E-state index is 0.288. The standard InChI is InChI=1S/C14H26N4O/c1-4-19-12-5-7-18(8-6-12)14(9-15)13-10-17(3)16-11(13)2/h10,12,14H,4-9,15H2,1-3H3. The van der Waals surface area contributed by atoms with E-state index in [9.17, 15) is 0 Å². The highest BCUT2D eigenvalue weighted by atomic mass is 16.5. The van der Waals surface area contributed by atoms with Crippen LogP contribution in [-0.2, 0) is 11.8 Å². The Hall–Kier alpha value is -0.910. The summed E-state index contributed by atoms with van der Waals surface area (Å²) in [5.41, 5.74) is 8.35. The molecule has 5 heteroatoms. The Morgan fingerprint density at radius 2 is 2.16 bits per heavy atom. The van der Waals surface area contributed by atoms with Gasteiger partial charge in [0, 0.05) is 45.0 Å². The van der Waals surface area contributed by atoms with Crippen LogP contribution in [0.25, 0.3) is 0 Å². The maximum Gasteiger partial charge on any atom is 0.0641 e. The van der Waals surface area contributed by atoms with Crippen molar-refractivity contribution in [2.75, 3.05) is 26.2 Å². The van der Waals surface area contributed by atoms with Crippen LogP contribution >= 0.6 is 0 Å². The summed E-state index contributed by atoms with van der Waals surface area (Å²) in [7, 11) is 1.96. The lowest BCUT2D eigenvalue weighted by molar-refractivity contribution is 0.00446. The van der Waals surface area contributed by atoms with Crippen LogP contribution in [0.3, 0.4) is 0 Å². The maximum atomic E-state index is 6.00. The average Bonchev–Trinajstić information content (AvgIpc) is 2.72. The summed E-state index contributed by atoms with van der Waals surface area (Å²) in [4.78, 5) is 2.47. The minimum Gasteiger partial charge on any atom is -0.378 e. The predicted molar refractivity (Wildman–Crippen MR) is 76.0 cm³/mol. The van der Waals surface area contributed by atoms with Crippen molar-refractivity contribution in [1.29, 1.82) is 0 Å². The molecule has 2 N–H and O–H groups in total. The van der Waals surface area contributed by atoms with Crippen LogP contribution in [0.15, 0.2) is 6.20 Å². The monoisotopic (exact) mass is 266 g/mol. The highest BCUT2D eigenvalue weighted by Crippen LogP contribution is 2.26. The van der Waals surface area contributed by atoms with E-state index in [1.165, 1.54) is 5.56 Å². The number of aryl methyl sites for hydroxylation is 2. The number of likely N-dealkylation sites (tertiary alicyclic amines) is 1. The second kappa shape index (κ2) is 6.50. The van der Waals surface area contributed by atoms with Crippen molar-refractivity contribution >= 4 is 0 Å². The van der Waals surface area contributed by atoms with Gasteiger partial charge in [0.05, 0.1) is 17.8 Å². The molecule has 2 rings (SSSR count). The van der Waals surface area contributed by atoms with Crippen molar-refractivity contribution in [2.24, 2.45) is 12.8 Å². The first-order chi connectivity index (χ1) is 9.15. The number of rotatable bonds is 5. The summed E-state index contributed by atoms with van der Waals surface area (Å²) in [6.07, 6.45) is 4.73. The summed E-state index contributed by atoms with van der Waals surface area (Å²) in [6.45, 7) is 7.69. The Labute approximate surface area is 115 Å². The molecule has 108 valence electrons. The topological polar surface area (TPSA) is 56.3 Å². The quantitative estimate of drug-likeness (QED) is 0.871. The normalized spacial score (nSPS) is 19.8. The Bertz CT molecular complexity index is 396. The van der Waals surface area contributed by atoms with Gasteiger partial charge in [-0.25, -0.2) is 0 Å². The molecule has 0 saturated carbocycles. The summed E-state index contributed by atoms with van der Waals surface area (Å²) in [5.74, 6) is 0. The number of ether oxygens (including phenoxy) is 1. The Morgan fingerprint density at radius 1 is 1.47 bits per heavy atom. The maximum absolute atomic E-state index is 6.00. The predicted octanol–water partition coefficient (Wildman–Crippen LogP) is 1.23. The smallest absolute Gasteiger partial charge is 0.0641 e. The molecule has 1 saturated heterocycles. The van der Waals surface area contributed by atoms with Crippen molar-refractivity contribution in [3.63, 3.8) is 0 Å². The van der Waals surface area contributed by atoms with Crippen LogP contribution in [0.1, 0.15) is 37.1 Å². The number of piperidine rings is 1. The zero-order valence-electron chi connectivity index (χ0n) is 12.3. The summed E-state index contributed by atoms with van der Waals surface area (Å²) < 4.78 is 7.58. The molecular weight excluding hydrogens is 240 g/mol. The number of nitrogens with zero attached hydrogens (tertiary/aromatic N) is 3. The third-order valence-electron chi connectivity index (χ3n) is 3.95. The van der Waals surface area contributed by atoms with Crippen molar-refractivity contribution in [3.8, 4) is 0 Å². The fourth-order valence-corrected chi connectivity index (χ4v) is 3.01. The van der Waals surface area contributed by atoms with Gasteiger partial charge in [-0.3, -0.25) is 9.58 Å². The second-order valence-corrected chi connectivity index (χ2v) is 5.29. The van der Waals surface area contributed by atoms with Crippen molar-refractivity contribution in [3.05, 3.63) is 17.5 Å². The van der Waals surface area contributed by atoms with Gasteiger partial charge in [0.1, 0.15) is 0 Å². The molecule has 1 atom stereocenters. The molecule has 1 aliphatic heterocycles. The summed E-state index contributed by atoms with van der Waals surface area (Å²) >= 11 is 0. The lowest BCUT2D eigenvalue weighted by atomic mass is 10.0. The van der Waals surface area contributed by atoms with E-state index in [2.05, 4.69) is 30.0 Å². The van der Waals surface area contributed by atoms with Crippen LogP contribution in [0.5, 0.6) is 0 Å². The number of aromatic nitrogens is 2. The zero-order valence-corrected chi connectivity index (χ0v) is 12.3. The van der Waals surface area contributed by atoms with Gasteiger partial charge in [-0.1, -0.05) is 0 Å². The van der Waals surface area contributed by atoms with Gasteiger partial charge in [0.25, 0.3) is 0 Å². The molecule has 0 amide bonds. The Morgan fingerprint density at radius 3 is 2.63 bits per heavy atom. The van der Waals surface area contributed by atoms with E-state index < -0.39 is 0 Å². The average molecular weight is 266 g/mol. The van der Waals surface area contributed by atoms with E-state index in [4.69, 9.17) is 10.5 Å². The molecular formula is C14H26N4O. The van der Waals surface area contributed by atoms with E-state index >= 15 is 0 Å². The molecule has 5 nitrogen and oxygen atoms in total. The first kappa shape index (κ1) is 14.5. The fourth-order valence-electron chi connectivity index (χ4n) is 3.01. The minimum atomic E-state index is 0.288. The van der Waals surface area contributed by atoms with E-state index in [1.807, 2.05) is 11.7 Å². The SMILES string of the molecule is CCOC1CCN(C(CN)c2cn(C)nc2C)CC1. The van der Waals surface area contributed by atoms with Gasteiger partial charge >= 0.3 is 0 Å². The van der Waals surface area contributed by atoms with Crippen molar-refractivity contribution in [1.82, 2.24) is 14.7 Å². The van der Waals surface area contributed by atoms with Gasteiger partial charge in [-0.05, 0) is 26.7 Å². The molecule has 0 bridgehead atoms. The van der Waals surface area contributed by atoms with Gasteiger partial charge in [0.2, 0.25) is 0 Å². The number of hydrogen-bond acceptors (Lipinski definition) is 4. The lowest BCUT2D eigenvalue weighted by Gasteiger charge is -2.36. The molecule has 1 unspecified atom stereocenters. The van der Waals surface area contributed by atoms with Crippen LogP contribution in [0, 0.1) is 6.92 Å². The highest BCUT2D eigenvalue weighted by molar-refractivity contribution is 5.20.